The molecular weight excluding hydrogens is 202 g/mol. The number of benzene rings is 1. The van der Waals surface area contributed by atoms with Crippen molar-refractivity contribution in [2.75, 3.05) is 13.2 Å². The Labute approximate surface area is 97.4 Å². The van der Waals surface area contributed by atoms with Crippen molar-refractivity contribution in [3.63, 3.8) is 0 Å². The van der Waals surface area contributed by atoms with Crippen molar-refractivity contribution in [1.29, 1.82) is 0 Å². The van der Waals surface area contributed by atoms with E-state index < -0.39 is 0 Å². The standard InChI is InChI=1S/C13H21NO2/c1-13(2,3)14-10-11-6-4-5-7-12(11)16-9-8-15/h4-7,14-15H,8-10H2,1-3H3. The van der Waals surface area contributed by atoms with E-state index in [4.69, 9.17) is 9.84 Å². The molecule has 90 valence electrons. The van der Waals surface area contributed by atoms with Crippen molar-refractivity contribution >= 4 is 0 Å². The van der Waals surface area contributed by atoms with Crippen LogP contribution in [0.4, 0.5) is 0 Å². The second-order valence-corrected chi connectivity index (χ2v) is 4.78. The zero-order valence-electron chi connectivity index (χ0n) is 10.3. The highest BCUT2D eigenvalue weighted by molar-refractivity contribution is 5.33. The topological polar surface area (TPSA) is 41.5 Å². The molecule has 0 aliphatic heterocycles. The van der Waals surface area contributed by atoms with Gasteiger partial charge in [-0.05, 0) is 26.8 Å². The summed E-state index contributed by atoms with van der Waals surface area (Å²) < 4.78 is 5.46. The molecule has 1 rings (SSSR count). The maximum absolute atomic E-state index is 8.74. The number of hydrogen-bond donors (Lipinski definition) is 2. The number of nitrogens with one attached hydrogen (secondary N) is 1. The first-order valence-electron chi connectivity index (χ1n) is 5.59. The van der Waals surface area contributed by atoms with Crippen LogP contribution < -0.4 is 10.1 Å². The molecule has 1 aromatic rings. The van der Waals surface area contributed by atoms with Gasteiger partial charge in [-0.2, -0.15) is 0 Å². The first-order valence-corrected chi connectivity index (χ1v) is 5.59. The maximum atomic E-state index is 8.74. The van der Waals surface area contributed by atoms with Gasteiger partial charge in [0.1, 0.15) is 12.4 Å². The predicted molar refractivity (Wildman–Crippen MR) is 65.6 cm³/mol. The van der Waals surface area contributed by atoms with Crippen LogP contribution in [0.25, 0.3) is 0 Å². The Kier molecular flexibility index (Phi) is 4.77. The minimum Gasteiger partial charge on any atom is -0.491 e. The second kappa shape index (κ2) is 5.87. The summed E-state index contributed by atoms with van der Waals surface area (Å²) in [5, 5.41) is 12.1. The molecule has 0 aliphatic rings. The molecule has 0 fully saturated rings. The largest absolute Gasteiger partial charge is 0.491 e. The van der Waals surface area contributed by atoms with Crippen molar-refractivity contribution in [2.24, 2.45) is 0 Å². The van der Waals surface area contributed by atoms with Gasteiger partial charge in [0, 0.05) is 17.6 Å². The first kappa shape index (κ1) is 13.0. The fraction of sp³-hybridized carbons (Fsp3) is 0.538. The SMILES string of the molecule is CC(C)(C)NCc1ccccc1OCCO. The third-order valence-electron chi connectivity index (χ3n) is 2.13. The van der Waals surface area contributed by atoms with Gasteiger partial charge in [0.2, 0.25) is 0 Å². The Bertz CT molecular complexity index is 318. The van der Waals surface area contributed by atoms with Gasteiger partial charge in [-0.1, -0.05) is 18.2 Å². The Hall–Kier alpha value is -1.06. The van der Waals surface area contributed by atoms with Crippen LogP contribution in [0.2, 0.25) is 0 Å². The molecule has 0 aromatic heterocycles. The van der Waals surface area contributed by atoms with E-state index in [0.717, 1.165) is 17.9 Å². The fourth-order valence-electron chi connectivity index (χ4n) is 1.31. The Morgan fingerprint density at radius 3 is 2.56 bits per heavy atom. The minimum atomic E-state index is 0.0427. The van der Waals surface area contributed by atoms with Gasteiger partial charge in [0.15, 0.2) is 0 Å². The van der Waals surface area contributed by atoms with E-state index in [-0.39, 0.29) is 12.1 Å². The summed E-state index contributed by atoms with van der Waals surface area (Å²) in [7, 11) is 0. The van der Waals surface area contributed by atoms with Gasteiger partial charge >= 0.3 is 0 Å². The molecule has 0 saturated carbocycles. The second-order valence-electron chi connectivity index (χ2n) is 4.78. The molecule has 1 aromatic carbocycles. The number of aliphatic hydroxyl groups excluding tert-OH is 1. The van der Waals surface area contributed by atoms with E-state index in [2.05, 4.69) is 26.1 Å². The van der Waals surface area contributed by atoms with Crippen molar-refractivity contribution < 1.29 is 9.84 Å². The molecule has 3 nitrogen and oxygen atoms in total. The molecule has 0 spiro atoms. The van der Waals surface area contributed by atoms with E-state index >= 15 is 0 Å². The number of hydrogen-bond acceptors (Lipinski definition) is 3. The van der Waals surface area contributed by atoms with Gasteiger partial charge in [-0.25, -0.2) is 0 Å². The smallest absolute Gasteiger partial charge is 0.123 e. The van der Waals surface area contributed by atoms with Gasteiger partial charge in [0.05, 0.1) is 6.61 Å². The first-order chi connectivity index (χ1) is 7.53. The fourth-order valence-corrected chi connectivity index (χ4v) is 1.31. The summed E-state index contributed by atoms with van der Waals surface area (Å²) in [5.41, 5.74) is 1.20. The molecule has 3 heteroatoms. The average Bonchev–Trinajstić information content (AvgIpc) is 2.23. The lowest BCUT2D eigenvalue weighted by Gasteiger charge is -2.21. The van der Waals surface area contributed by atoms with Crippen LogP contribution in [0.15, 0.2) is 24.3 Å². The summed E-state index contributed by atoms with van der Waals surface area (Å²) in [6.07, 6.45) is 0. The Balaban J connectivity index is 2.63. The number of aliphatic hydroxyl groups is 1. The van der Waals surface area contributed by atoms with Crippen molar-refractivity contribution in [3.05, 3.63) is 29.8 Å². The highest BCUT2D eigenvalue weighted by atomic mass is 16.5. The van der Waals surface area contributed by atoms with E-state index in [9.17, 15) is 0 Å². The molecule has 2 N–H and O–H groups in total. The third-order valence-corrected chi connectivity index (χ3v) is 2.13. The predicted octanol–water partition coefficient (Wildman–Crippen LogP) is 1.95. The lowest BCUT2D eigenvalue weighted by molar-refractivity contribution is 0.200. The van der Waals surface area contributed by atoms with Crippen LogP contribution in [0.1, 0.15) is 26.3 Å². The number of rotatable bonds is 5. The maximum Gasteiger partial charge on any atom is 0.123 e. The molecule has 0 aliphatic carbocycles. The van der Waals surface area contributed by atoms with E-state index in [1.54, 1.807) is 0 Å². The number of ether oxygens (including phenoxy) is 1. The van der Waals surface area contributed by atoms with E-state index in [1.165, 1.54) is 0 Å². The molecular formula is C13H21NO2. The van der Waals surface area contributed by atoms with Crippen molar-refractivity contribution in [2.45, 2.75) is 32.9 Å². The van der Waals surface area contributed by atoms with Gasteiger partial charge in [-0.3, -0.25) is 0 Å². The Morgan fingerprint density at radius 1 is 1.25 bits per heavy atom. The highest BCUT2D eigenvalue weighted by Crippen LogP contribution is 2.18. The summed E-state index contributed by atoms with van der Waals surface area (Å²) in [4.78, 5) is 0. The minimum absolute atomic E-state index is 0.0427. The molecule has 0 saturated heterocycles. The van der Waals surface area contributed by atoms with Crippen LogP contribution in [0.5, 0.6) is 5.75 Å². The summed E-state index contributed by atoms with van der Waals surface area (Å²) in [6, 6.07) is 7.89. The van der Waals surface area contributed by atoms with Crippen LogP contribution in [0, 0.1) is 0 Å². The molecule has 0 bridgehead atoms. The highest BCUT2D eigenvalue weighted by Gasteiger charge is 2.10. The van der Waals surface area contributed by atoms with Gasteiger partial charge in [-0.15, -0.1) is 0 Å². The molecule has 0 amide bonds. The lowest BCUT2D eigenvalue weighted by atomic mass is 10.1. The average molecular weight is 223 g/mol. The summed E-state index contributed by atoms with van der Waals surface area (Å²) in [6.45, 7) is 7.54. The molecule has 0 unspecified atom stereocenters. The normalized spacial score (nSPS) is 11.5. The van der Waals surface area contributed by atoms with Crippen LogP contribution in [-0.4, -0.2) is 23.9 Å². The monoisotopic (exact) mass is 223 g/mol. The third kappa shape index (κ3) is 4.64. The quantitative estimate of drug-likeness (QED) is 0.801. The van der Waals surface area contributed by atoms with Gasteiger partial charge in [0.25, 0.3) is 0 Å². The Morgan fingerprint density at radius 2 is 1.94 bits per heavy atom. The molecule has 0 radical (unpaired) electrons. The van der Waals surface area contributed by atoms with Crippen molar-refractivity contribution in [3.8, 4) is 5.75 Å². The van der Waals surface area contributed by atoms with Crippen molar-refractivity contribution in [1.82, 2.24) is 5.32 Å². The zero-order chi connectivity index (χ0) is 12.0. The molecule has 0 atom stereocenters. The summed E-state index contributed by atoms with van der Waals surface area (Å²) in [5.74, 6) is 0.841. The summed E-state index contributed by atoms with van der Waals surface area (Å²) >= 11 is 0. The molecule has 0 heterocycles. The van der Waals surface area contributed by atoms with Crippen LogP contribution in [0.3, 0.4) is 0 Å². The van der Waals surface area contributed by atoms with E-state index in [1.807, 2.05) is 24.3 Å². The number of para-hydroxylation sites is 1. The lowest BCUT2D eigenvalue weighted by Crippen LogP contribution is -2.35. The zero-order valence-corrected chi connectivity index (χ0v) is 10.3. The van der Waals surface area contributed by atoms with Crippen LogP contribution in [-0.2, 0) is 6.54 Å². The van der Waals surface area contributed by atoms with Gasteiger partial charge < -0.3 is 15.2 Å². The van der Waals surface area contributed by atoms with E-state index in [0.29, 0.717) is 6.61 Å². The molecule has 16 heavy (non-hydrogen) atoms. The van der Waals surface area contributed by atoms with Crippen LogP contribution >= 0.6 is 0 Å².